The summed E-state index contributed by atoms with van der Waals surface area (Å²) >= 11 is 3.31. The van der Waals surface area contributed by atoms with Crippen molar-refractivity contribution in [2.75, 3.05) is 19.0 Å². The van der Waals surface area contributed by atoms with Crippen LogP contribution in [0.5, 0.6) is 11.5 Å². The smallest absolute Gasteiger partial charge is 0.251 e. The van der Waals surface area contributed by atoms with E-state index in [9.17, 15) is 9.90 Å². The van der Waals surface area contributed by atoms with Gasteiger partial charge in [0, 0.05) is 18.0 Å². The number of aromatic hydroxyl groups is 2. The fraction of sp³-hybridized carbons (Fsp3) is 0.417. The van der Waals surface area contributed by atoms with Gasteiger partial charge in [0.15, 0.2) is 11.5 Å². The van der Waals surface area contributed by atoms with Crippen molar-refractivity contribution >= 4 is 21.8 Å². The Labute approximate surface area is 114 Å². The Morgan fingerprint density at radius 3 is 2.72 bits per heavy atom. The predicted octanol–water partition coefficient (Wildman–Crippen LogP) is 1.63. The summed E-state index contributed by atoms with van der Waals surface area (Å²) in [5.74, 6) is -0.875. The lowest BCUT2D eigenvalue weighted by Gasteiger charge is -2.16. The average Bonchev–Trinajstić information content (AvgIpc) is 2.33. The zero-order valence-electron chi connectivity index (χ0n) is 10.0. The molecule has 0 heterocycles. The van der Waals surface area contributed by atoms with Crippen molar-refractivity contribution < 1.29 is 19.7 Å². The van der Waals surface area contributed by atoms with Crippen LogP contribution in [0.25, 0.3) is 0 Å². The first-order valence-corrected chi connectivity index (χ1v) is 6.58. The van der Waals surface area contributed by atoms with Gasteiger partial charge in [-0.25, -0.2) is 0 Å². The molecule has 6 heteroatoms. The van der Waals surface area contributed by atoms with Crippen LogP contribution in [-0.4, -0.2) is 41.2 Å². The van der Waals surface area contributed by atoms with Crippen LogP contribution in [0, 0.1) is 0 Å². The van der Waals surface area contributed by atoms with Crippen LogP contribution in [0.3, 0.4) is 0 Å². The summed E-state index contributed by atoms with van der Waals surface area (Å²) in [5.41, 5.74) is 0.293. The van der Waals surface area contributed by atoms with Crippen molar-refractivity contribution in [3.8, 4) is 11.5 Å². The van der Waals surface area contributed by atoms with Crippen molar-refractivity contribution in [3.05, 3.63) is 23.8 Å². The standard InChI is InChI=1S/C12H16BrNO4/c1-18-7-9(4-5-13)14-12(17)8-2-3-10(15)11(16)6-8/h2-3,6,9,15-16H,4-5,7H2,1H3,(H,14,17). The first-order valence-electron chi connectivity index (χ1n) is 5.46. The van der Waals surface area contributed by atoms with Gasteiger partial charge >= 0.3 is 0 Å². The minimum absolute atomic E-state index is 0.0992. The Balaban J connectivity index is 2.70. The molecule has 5 nitrogen and oxygen atoms in total. The second-order valence-electron chi connectivity index (χ2n) is 3.81. The van der Waals surface area contributed by atoms with E-state index in [-0.39, 0.29) is 23.4 Å². The zero-order valence-corrected chi connectivity index (χ0v) is 11.6. The zero-order chi connectivity index (χ0) is 13.5. The molecule has 1 rings (SSSR count). The average molecular weight is 318 g/mol. The molecule has 0 saturated heterocycles. The lowest BCUT2D eigenvalue weighted by atomic mass is 10.1. The maximum Gasteiger partial charge on any atom is 0.251 e. The number of ether oxygens (including phenoxy) is 1. The first kappa shape index (κ1) is 14.8. The molecule has 0 bridgehead atoms. The van der Waals surface area contributed by atoms with E-state index < -0.39 is 0 Å². The van der Waals surface area contributed by atoms with Gasteiger partial charge in [0.1, 0.15) is 0 Å². The number of phenolic OH excluding ortho intramolecular Hbond substituents is 2. The van der Waals surface area contributed by atoms with Crippen LogP contribution in [-0.2, 0) is 4.74 Å². The highest BCUT2D eigenvalue weighted by molar-refractivity contribution is 9.09. The molecule has 0 aliphatic rings. The van der Waals surface area contributed by atoms with Crippen molar-refractivity contribution in [1.29, 1.82) is 0 Å². The molecule has 0 spiro atoms. The molecule has 1 aromatic carbocycles. The SMILES string of the molecule is COCC(CCBr)NC(=O)c1ccc(O)c(O)c1. The van der Waals surface area contributed by atoms with Crippen molar-refractivity contribution in [1.82, 2.24) is 5.32 Å². The predicted molar refractivity (Wildman–Crippen MR) is 71.3 cm³/mol. The van der Waals surface area contributed by atoms with E-state index in [2.05, 4.69) is 21.2 Å². The number of alkyl halides is 1. The molecular weight excluding hydrogens is 302 g/mol. The maximum atomic E-state index is 11.9. The normalized spacial score (nSPS) is 12.1. The van der Waals surface area contributed by atoms with Gasteiger partial charge in [0.05, 0.1) is 12.6 Å². The molecule has 1 unspecified atom stereocenters. The highest BCUT2D eigenvalue weighted by atomic mass is 79.9. The molecule has 0 saturated carbocycles. The molecule has 1 aromatic rings. The van der Waals surface area contributed by atoms with Crippen LogP contribution in [0.2, 0.25) is 0 Å². The molecular formula is C12H16BrNO4. The fourth-order valence-corrected chi connectivity index (χ4v) is 2.02. The Morgan fingerprint density at radius 2 is 2.17 bits per heavy atom. The molecule has 0 aliphatic carbocycles. The van der Waals surface area contributed by atoms with E-state index >= 15 is 0 Å². The molecule has 0 fully saturated rings. The Hall–Kier alpha value is -1.27. The Morgan fingerprint density at radius 1 is 1.44 bits per heavy atom. The third-order valence-corrected chi connectivity index (χ3v) is 2.86. The highest BCUT2D eigenvalue weighted by Gasteiger charge is 2.14. The van der Waals surface area contributed by atoms with Crippen LogP contribution >= 0.6 is 15.9 Å². The van der Waals surface area contributed by atoms with Crippen LogP contribution in [0.15, 0.2) is 18.2 Å². The van der Waals surface area contributed by atoms with Gasteiger partial charge in [-0.1, -0.05) is 15.9 Å². The number of rotatable bonds is 6. The van der Waals surface area contributed by atoms with Gasteiger partial charge in [-0.2, -0.15) is 0 Å². The molecule has 1 amide bonds. The van der Waals surface area contributed by atoms with Crippen molar-refractivity contribution in [3.63, 3.8) is 0 Å². The molecule has 0 aromatic heterocycles. The number of phenols is 2. The second-order valence-corrected chi connectivity index (χ2v) is 4.60. The molecule has 3 N–H and O–H groups in total. The number of carbonyl (C=O) groups excluding carboxylic acids is 1. The number of hydrogen-bond acceptors (Lipinski definition) is 4. The van der Waals surface area contributed by atoms with Gasteiger partial charge in [-0.15, -0.1) is 0 Å². The number of hydrogen-bond donors (Lipinski definition) is 3. The van der Waals surface area contributed by atoms with E-state index in [1.807, 2.05) is 0 Å². The number of amides is 1. The summed E-state index contributed by atoms with van der Waals surface area (Å²) in [6.07, 6.45) is 0.740. The Kier molecular flexibility index (Phi) is 5.94. The van der Waals surface area contributed by atoms with E-state index in [0.29, 0.717) is 12.2 Å². The maximum absolute atomic E-state index is 11.9. The monoisotopic (exact) mass is 317 g/mol. The highest BCUT2D eigenvalue weighted by Crippen LogP contribution is 2.24. The largest absolute Gasteiger partial charge is 0.504 e. The number of halogens is 1. The summed E-state index contributed by atoms with van der Waals surface area (Å²) in [4.78, 5) is 11.9. The summed E-state index contributed by atoms with van der Waals surface area (Å²) in [7, 11) is 1.57. The Bertz CT molecular complexity index is 405. The van der Waals surface area contributed by atoms with Gasteiger partial charge in [-0.05, 0) is 24.6 Å². The summed E-state index contributed by atoms with van der Waals surface area (Å²) in [6.45, 7) is 0.418. The second kappa shape index (κ2) is 7.23. The fourth-order valence-electron chi connectivity index (χ4n) is 1.46. The third-order valence-electron chi connectivity index (χ3n) is 2.40. The van der Waals surface area contributed by atoms with E-state index in [4.69, 9.17) is 9.84 Å². The minimum Gasteiger partial charge on any atom is -0.504 e. The lowest BCUT2D eigenvalue weighted by molar-refractivity contribution is 0.0895. The van der Waals surface area contributed by atoms with Crippen molar-refractivity contribution in [2.45, 2.75) is 12.5 Å². The minimum atomic E-state index is -0.313. The van der Waals surface area contributed by atoms with Crippen molar-refractivity contribution in [2.24, 2.45) is 0 Å². The van der Waals surface area contributed by atoms with E-state index in [1.165, 1.54) is 18.2 Å². The summed E-state index contributed by atoms with van der Waals surface area (Å²) in [6, 6.07) is 3.85. The number of benzene rings is 1. The molecule has 100 valence electrons. The lowest BCUT2D eigenvalue weighted by Crippen LogP contribution is -2.38. The topological polar surface area (TPSA) is 78.8 Å². The van der Waals surface area contributed by atoms with Gasteiger partial charge < -0.3 is 20.3 Å². The quantitative estimate of drug-likeness (QED) is 0.550. The molecule has 1 atom stereocenters. The number of methoxy groups -OCH3 is 1. The van der Waals surface area contributed by atoms with Gasteiger partial charge in [0.2, 0.25) is 0 Å². The summed E-state index contributed by atoms with van der Waals surface area (Å²) < 4.78 is 5.01. The van der Waals surface area contributed by atoms with Crippen LogP contribution in [0.4, 0.5) is 0 Å². The third kappa shape index (κ3) is 4.19. The van der Waals surface area contributed by atoms with Crippen LogP contribution in [0.1, 0.15) is 16.8 Å². The number of carbonyl (C=O) groups is 1. The molecule has 0 radical (unpaired) electrons. The molecule has 0 aliphatic heterocycles. The first-order chi connectivity index (χ1) is 8.58. The van der Waals surface area contributed by atoms with E-state index in [0.717, 1.165) is 11.8 Å². The van der Waals surface area contributed by atoms with Gasteiger partial charge in [-0.3, -0.25) is 4.79 Å². The van der Waals surface area contributed by atoms with Crippen LogP contribution < -0.4 is 5.32 Å². The molecule has 18 heavy (non-hydrogen) atoms. The number of nitrogens with one attached hydrogen (secondary N) is 1. The van der Waals surface area contributed by atoms with E-state index in [1.54, 1.807) is 7.11 Å². The van der Waals surface area contributed by atoms with Gasteiger partial charge in [0.25, 0.3) is 5.91 Å². The summed E-state index contributed by atoms with van der Waals surface area (Å²) in [5, 5.41) is 22.0.